The second-order valence-corrected chi connectivity index (χ2v) is 6.18. The normalized spacial score (nSPS) is 18.6. The molecule has 0 spiro atoms. The summed E-state index contributed by atoms with van der Waals surface area (Å²) in [7, 11) is 0. The molecular weight excluding hydrogens is 284 g/mol. The maximum atomic E-state index is 13.3. The molecule has 0 saturated carbocycles. The Morgan fingerprint density at radius 3 is 2.52 bits per heavy atom. The first kappa shape index (κ1) is 15.9. The summed E-state index contributed by atoms with van der Waals surface area (Å²) in [6, 6.07) is 14.4. The van der Waals surface area contributed by atoms with Crippen LogP contribution in [-0.2, 0) is 15.1 Å². The van der Waals surface area contributed by atoms with Crippen LogP contribution in [0.2, 0.25) is 0 Å². The molecule has 0 amide bonds. The second-order valence-electron chi connectivity index (χ2n) is 6.18. The van der Waals surface area contributed by atoms with Crippen molar-refractivity contribution in [2.24, 2.45) is 0 Å². The smallest absolute Gasteiger partial charge is 0.177 e. The van der Waals surface area contributed by atoms with Crippen molar-refractivity contribution in [3.63, 3.8) is 0 Å². The lowest BCUT2D eigenvalue weighted by atomic mass is 9.82. The van der Waals surface area contributed by atoms with Gasteiger partial charge in [0, 0.05) is 24.2 Å². The summed E-state index contributed by atoms with van der Waals surface area (Å²) in [5.41, 5.74) is 4.51. The van der Waals surface area contributed by atoms with Gasteiger partial charge in [-0.15, -0.1) is 0 Å². The molecule has 0 aliphatic heterocycles. The Hall–Kier alpha value is -1.93. The molecule has 0 N–H and O–H groups in total. The van der Waals surface area contributed by atoms with E-state index in [-0.39, 0.29) is 5.78 Å². The van der Waals surface area contributed by atoms with E-state index in [4.69, 9.17) is 4.74 Å². The van der Waals surface area contributed by atoms with Crippen LogP contribution in [0.3, 0.4) is 0 Å². The third kappa shape index (κ3) is 2.33. The average Bonchev–Trinajstić information content (AvgIpc) is 2.86. The fraction of sp³-hybridized carbons (Fsp3) is 0.381. The van der Waals surface area contributed by atoms with E-state index in [1.165, 1.54) is 0 Å². The van der Waals surface area contributed by atoms with Crippen LogP contribution in [0.4, 0.5) is 0 Å². The highest BCUT2D eigenvalue weighted by Crippen LogP contribution is 2.51. The van der Waals surface area contributed by atoms with Crippen LogP contribution in [0, 0.1) is 6.92 Å². The van der Waals surface area contributed by atoms with E-state index in [1.807, 2.05) is 25.1 Å². The first-order valence-corrected chi connectivity index (χ1v) is 8.54. The number of ether oxygens (including phenoxy) is 1. The Kier molecular flexibility index (Phi) is 4.36. The standard InChI is InChI=1S/C21H24O2/c1-4-6-14-19(22)21(23-5-2)18-13-8-7-11-16(18)17-12-9-10-15(3)20(17)21/h7-13H,4-6,14H2,1-3H3. The van der Waals surface area contributed by atoms with Crippen LogP contribution >= 0.6 is 0 Å². The highest BCUT2D eigenvalue weighted by atomic mass is 16.5. The van der Waals surface area contributed by atoms with E-state index in [0.717, 1.165) is 40.7 Å². The predicted octanol–water partition coefficient (Wildman–Crippen LogP) is 5.01. The molecule has 2 aromatic rings. The van der Waals surface area contributed by atoms with Crippen LogP contribution in [0.1, 0.15) is 49.8 Å². The fourth-order valence-corrected chi connectivity index (χ4v) is 3.77. The summed E-state index contributed by atoms with van der Waals surface area (Å²) in [5, 5.41) is 0. The topological polar surface area (TPSA) is 26.3 Å². The Morgan fingerprint density at radius 2 is 1.78 bits per heavy atom. The summed E-state index contributed by atoms with van der Waals surface area (Å²) in [5.74, 6) is 0.182. The van der Waals surface area contributed by atoms with Crippen LogP contribution in [0.5, 0.6) is 0 Å². The van der Waals surface area contributed by atoms with Gasteiger partial charge in [0.2, 0.25) is 0 Å². The van der Waals surface area contributed by atoms with Crippen molar-refractivity contribution in [3.05, 3.63) is 59.2 Å². The Labute approximate surface area is 138 Å². The molecule has 0 aromatic heterocycles. The van der Waals surface area contributed by atoms with Gasteiger partial charge in [0.1, 0.15) is 0 Å². The highest BCUT2D eigenvalue weighted by Gasteiger charge is 2.50. The van der Waals surface area contributed by atoms with Crippen LogP contribution < -0.4 is 0 Å². The zero-order chi connectivity index (χ0) is 16.4. The van der Waals surface area contributed by atoms with E-state index in [1.54, 1.807) is 0 Å². The van der Waals surface area contributed by atoms with Crippen LogP contribution in [-0.4, -0.2) is 12.4 Å². The van der Waals surface area contributed by atoms with Crippen molar-refractivity contribution in [3.8, 4) is 11.1 Å². The van der Waals surface area contributed by atoms with Gasteiger partial charge in [0.15, 0.2) is 11.4 Å². The Bertz CT molecular complexity index is 732. The lowest BCUT2D eigenvalue weighted by Crippen LogP contribution is -2.39. The number of ketones is 1. The molecule has 3 rings (SSSR count). The molecule has 1 aliphatic rings. The first-order valence-electron chi connectivity index (χ1n) is 8.54. The highest BCUT2D eigenvalue weighted by molar-refractivity contribution is 6.00. The molecule has 2 aromatic carbocycles. The van der Waals surface area contributed by atoms with Crippen molar-refractivity contribution < 1.29 is 9.53 Å². The third-order valence-electron chi connectivity index (χ3n) is 4.73. The van der Waals surface area contributed by atoms with Crippen molar-refractivity contribution >= 4 is 5.78 Å². The molecule has 1 aliphatic carbocycles. The largest absolute Gasteiger partial charge is 0.358 e. The summed E-state index contributed by atoms with van der Waals surface area (Å²) in [6.45, 7) is 6.67. The van der Waals surface area contributed by atoms with Gasteiger partial charge >= 0.3 is 0 Å². The van der Waals surface area contributed by atoms with Crippen molar-refractivity contribution in [2.45, 2.75) is 45.6 Å². The quantitative estimate of drug-likeness (QED) is 0.749. The minimum absolute atomic E-state index is 0.182. The zero-order valence-corrected chi connectivity index (χ0v) is 14.2. The van der Waals surface area contributed by atoms with E-state index in [0.29, 0.717) is 13.0 Å². The van der Waals surface area contributed by atoms with Gasteiger partial charge in [-0.1, -0.05) is 55.8 Å². The molecule has 0 bridgehead atoms. The molecule has 0 heterocycles. The number of aryl methyl sites for hydroxylation is 1. The lowest BCUT2D eigenvalue weighted by Gasteiger charge is -2.31. The lowest BCUT2D eigenvalue weighted by molar-refractivity contribution is -0.140. The van der Waals surface area contributed by atoms with Gasteiger partial charge in [-0.2, -0.15) is 0 Å². The fourth-order valence-electron chi connectivity index (χ4n) is 3.77. The molecule has 120 valence electrons. The average molecular weight is 308 g/mol. The number of carbonyl (C=O) groups excluding carboxylic acids is 1. The number of hydrogen-bond acceptors (Lipinski definition) is 2. The number of carbonyl (C=O) groups is 1. The van der Waals surface area contributed by atoms with Gasteiger partial charge in [-0.25, -0.2) is 0 Å². The van der Waals surface area contributed by atoms with Crippen molar-refractivity contribution in [2.75, 3.05) is 6.61 Å². The molecule has 2 nitrogen and oxygen atoms in total. The Morgan fingerprint density at radius 1 is 1.04 bits per heavy atom. The molecule has 2 heteroatoms. The predicted molar refractivity (Wildman–Crippen MR) is 93.6 cm³/mol. The molecule has 1 unspecified atom stereocenters. The maximum Gasteiger partial charge on any atom is 0.177 e. The van der Waals surface area contributed by atoms with Gasteiger partial charge < -0.3 is 4.74 Å². The minimum Gasteiger partial charge on any atom is -0.358 e. The van der Waals surface area contributed by atoms with Crippen LogP contribution in [0.15, 0.2) is 42.5 Å². The van der Waals surface area contributed by atoms with Crippen LogP contribution in [0.25, 0.3) is 11.1 Å². The number of benzene rings is 2. The van der Waals surface area contributed by atoms with E-state index >= 15 is 0 Å². The molecular formula is C21H24O2. The number of hydrogen-bond donors (Lipinski definition) is 0. The summed E-state index contributed by atoms with van der Waals surface area (Å²) in [4.78, 5) is 13.3. The maximum absolute atomic E-state index is 13.3. The third-order valence-corrected chi connectivity index (χ3v) is 4.73. The Balaban J connectivity index is 2.28. The zero-order valence-electron chi connectivity index (χ0n) is 14.2. The van der Waals surface area contributed by atoms with Gasteiger partial charge in [-0.05, 0) is 37.0 Å². The van der Waals surface area contributed by atoms with E-state index in [9.17, 15) is 4.79 Å². The minimum atomic E-state index is -0.929. The number of unbranched alkanes of at least 4 members (excludes halogenated alkanes) is 1. The molecule has 0 saturated heterocycles. The number of fused-ring (bicyclic) bond motifs is 3. The first-order chi connectivity index (χ1) is 11.2. The summed E-state index contributed by atoms with van der Waals surface area (Å²) in [6.07, 6.45) is 2.46. The monoisotopic (exact) mass is 308 g/mol. The van der Waals surface area contributed by atoms with Gasteiger partial charge in [0.05, 0.1) is 0 Å². The number of rotatable bonds is 6. The number of Topliss-reactive ketones (excluding diaryl/α,β-unsaturated/α-hetero) is 1. The summed E-state index contributed by atoms with van der Waals surface area (Å²) >= 11 is 0. The van der Waals surface area contributed by atoms with Gasteiger partial charge in [0.25, 0.3) is 0 Å². The molecule has 1 atom stereocenters. The molecule has 0 fully saturated rings. The van der Waals surface area contributed by atoms with Gasteiger partial charge in [-0.3, -0.25) is 4.79 Å². The summed E-state index contributed by atoms with van der Waals surface area (Å²) < 4.78 is 6.23. The van der Waals surface area contributed by atoms with Crippen molar-refractivity contribution in [1.82, 2.24) is 0 Å². The van der Waals surface area contributed by atoms with E-state index in [2.05, 4.69) is 38.1 Å². The molecule has 23 heavy (non-hydrogen) atoms. The van der Waals surface area contributed by atoms with E-state index < -0.39 is 5.60 Å². The van der Waals surface area contributed by atoms with Crippen molar-refractivity contribution in [1.29, 1.82) is 0 Å². The second kappa shape index (κ2) is 6.29. The molecule has 0 radical (unpaired) electrons. The SMILES string of the molecule is CCCCC(=O)C1(OCC)c2ccccc2-c2cccc(C)c21.